The third kappa shape index (κ3) is 5.53. The minimum absolute atomic E-state index is 0.153. The average molecular weight is 500 g/mol. The third-order valence-corrected chi connectivity index (χ3v) is 6.31. The van der Waals surface area contributed by atoms with Gasteiger partial charge in [0.1, 0.15) is 6.61 Å². The van der Waals surface area contributed by atoms with E-state index < -0.39 is 0 Å². The largest absolute Gasteiger partial charge is 0.493 e. The molecule has 3 aromatic carbocycles. The molecule has 0 spiro atoms. The molecular formula is C25H19Cl2NO4S. The lowest BCUT2D eigenvalue weighted by Crippen LogP contribution is -2.27. The summed E-state index contributed by atoms with van der Waals surface area (Å²) in [6.45, 7) is 0.440. The number of benzene rings is 3. The van der Waals surface area contributed by atoms with E-state index in [4.69, 9.17) is 32.7 Å². The second kappa shape index (κ2) is 10.3. The number of para-hydroxylation sites is 1. The molecule has 0 saturated carbocycles. The van der Waals surface area contributed by atoms with Crippen molar-refractivity contribution in [3.05, 3.63) is 98.4 Å². The number of halogens is 2. The van der Waals surface area contributed by atoms with Crippen LogP contribution in [-0.4, -0.2) is 23.2 Å². The van der Waals surface area contributed by atoms with Crippen molar-refractivity contribution >= 4 is 52.2 Å². The molecular weight excluding hydrogens is 481 g/mol. The number of thioether (sulfide) groups is 1. The summed E-state index contributed by atoms with van der Waals surface area (Å²) in [5, 5.41) is 0.858. The molecule has 0 N–H and O–H groups in total. The summed E-state index contributed by atoms with van der Waals surface area (Å²) < 4.78 is 11.5. The molecule has 1 saturated heterocycles. The van der Waals surface area contributed by atoms with Gasteiger partial charge in [-0.2, -0.15) is 0 Å². The fraction of sp³-hybridized carbons (Fsp3) is 0.120. The van der Waals surface area contributed by atoms with Crippen LogP contribution >= 0.6 is 35.0 Å². The first-order chi connectivity index (χ1) is 15.9. The molecule has 0 bridgehead atoms. The molecule has 0 aromatic heterocycles. The molecule has 0 radical (unpaired) electrons. The summed E-state index contributed by atoms with van der Waals surface area (Å²) in [4.78, 5) is 27.1. The number of methoxy groups -OCH3 is 1. The van der Waals surface area contributed by atoms with Crippen LogP contribution < -0.4 is 9.47 Å². The van der Waals surface area contributed by atoms with Gasteiger partial charge in [0.25, 0.3) is 11.1 Å². The smallest absolute Gasteiger partial charge is 0.293 e. The molecule has 33 heavy (non-hydrogen) atoms. The highest BCUT2D eigenvalue weighted by atomic mass is 35.5. The Hall–Kier alpha value is -2.93. The van der Waals surface area contributed by atoms with Gasteiger partial charge in [-0.1, -0.05) is 59.6 Å². The van der Waals surface area contributed by atoms with E-state index in [1.54, 1.807) is 55.7 Å². The molecule has 4 rings (SSSR count). The minimum Gasteiger partial charge on any atom is -0.493 e. The fourth-order valence-corrected chi connectivity index (χ4v) is 4.46. The van der Waals surface area contributed by atoms with Crippen molar-refractivity contribution < 1.29 is 19.1 Å². The van der Waals surface area contributed by atoms with E-state index >= 15 is 0 Å². The molecule has 1 heterocycles. The summed E-state index contributed by atoms with van der Waals surface area (Å²) in [7, 11) is 1.55. The molecule has 1 aliphatic heterocycles. The van der Waals surface area contributed by atoms with Gasteiger partial charge >= 0.3 is 0 Å². The predicted molar refractivity (Wildman–Crippen MR) is 132 cm³/mol. The van der Waals surface area contributed by atoms with Crippen LogP contribution in [0.3, 0.4) is 0 Å². The molecule has 1 aliphatic rings. The van der Waals surface area contributed by atoms with Gasteiger partial charge in [-0.05, 0) is 59.3 Å². The van der Waals surface area contributed by atoms with Gasteiger partial charge < -0.3 is 9.47 Å². The van der Waals surface area contributed by atoms with Gasteiger partial charge in [-0.3, -0.25) is 14.5 Å². The maximum absolute atomic E-state index is 13.0. The highest BCUT2D eigenvalue weighted by Crippen LogP contribution is 2.38. The predicted octanol–water partition coefficient (Wildman–Crippen LogP) is 6.82. The Morgan fingerprint density at radius 1 is 0.939 bits per heavy atom. The van der Waals surface area contributed by atoms with Crippen molar-refractivity contribution in [1.82, 2.24) is 4.90 Å². The summed E-state index contributed by atoms with van der Waals surface area (Å²) in [5.74, 6) is 0.643. The molecule has 2 amide bonds. The van der Waals surface area contributed by atoms with Crippen LogP contribution in [0.5, 0.6) is 11.5 Å². The monoisotopic (exact) mass is 499 g/mol. The highest BCUT2D eigenvalue weighted by Gasteiger charge is 2.35. The molecule has 3 aromatic rings. The Bertz CT molecular complexity index is 1230. The first-order valence-electron chi connectivity index (χ1n) is 9.98. The van der Waals surface area contributed by atoms with E-state index in [1.807, 2.05) is 24.3 Å². The Morgan fingerprint density at radius 3 is 2.42 bits per heavy atom. The Balaban J connectivity index is 1.58. The number of carbonyl (C=O) groups excluding carboxylic acids is 2. The van der Waals surface area contributed by atoms with E-state index in [-0.39, 0.29) is 24.3 Å². The maximum Gasteiger partial charge on any atom is 0.293 e. The van der Waals surface area contributed by atoms with Crippen LogP contribution in [0.15, 0.2) is 71.6 Å². The van der Waals surface area contributed by atoms with Gasteiger partial charge in [-0.25, -0.2) is 0 Å². The number of amides is 2. The van der Waals surface area contributed by atoms with Crippen molar-refractivity contribution in [3.8, 4) is 11.5 Å². The van der Waals surface area contributed by atoms with Gasteiger partial charge in [0.15, 0.2) is 11.5 Å². The van der Waals surface area contributed by atoms with Gasteiger partial charge in [0.05, 0.1) is 18.6 Å². The zero-order chi connectivity index (χ0) is 23.4. The van der Waals surface area contributed by atoms with E-state index in [9.17, 15) is 9.59 Å². The second-order valence-corrected chi connectivity index (χ2v) is 9.06. The van der Waals surface area contributed by atoms with Crippen LogP contribution in [0, 0.1) is 0 Å². The van der Waals surface area contributed by atoms with E-state index in [2.05, 4.69) is 0 Å². The molecule has 168 valence electrons. The standard InChI is InChI=1S/C25H19Cl2NO4S/c1-31-21-7-3-5-18(23(21)32-15-16-8-10-19(26)11-9-16)13-22-24(29)28(25(30)33-22)14-17-4-2-6-20(27)12-17/h2-13H,14-15H2,1H3/b22-13-. The van der Waals surface area contributed by atoms with Crippen LogP contribution in [0.4, 0.5) is 4.79 Å². The fourth-order valence-electron chi connectivity index (χ4n) is 3.29. The number of carbonyl (C=O) groups is 2. The SMILES string of the molecule is COc1cccc(/C=C2\SC(=O)N(Cc3cccc(Cl)c3)C2=O)c1OCc1ccc(Cl)cc1. The molecule has 1 fully saturated rings. The number of hydrogen-bond donors (Lipinski definition) is 0. The van der Waals surface area contributed by atoms with Crippen molar-refractivity contribution in [2.75, 3.05) is 7.11 Å². The summed E-state index contributed by atoms with van der Waals surface area (Å²) in [6, 6.07) is 19.8. The van der Waals surface area contributed by atoms with Crippen molar-refractivity contribution in [3.63, 3.8) is 0 Å². The molecule has 0 unspecified atom stereocenters. The lowest BCUT2D eigenvalue weighted by Gasteiger charge is -2.14. The highest BCUT2D eigenvalue weighted by molar-refractivity contribution is 8.18. The topological polar surface area (TPSA) is 55.8 Å². The molecule has 0 aliphatic carbocycles. The number of nitrogens with zero attached hydrogens (tertiary/aromatic N) is 1. The number of hydrogen-bond acceptors (Lipinski definition) is 5. The van der Waals surface area contributed by atoms with Crippen LogP contribution in [0.2, 0.25) is 10.0 Å². The van der Waals surface area contributed by atoms with Gasteiger partial charge in [-0.15, -0.1) is 0 Å². The van der Waals surface area contributed by atoms with Gasteiger partial charge in [0, 0.05) is 15.6 Å². The van der Waals surface area contributed by atoms with Crippen LogP contribution in [0.25, 0.3) is 6.08 Å². The lowest BCUT2D eigenvalue weighted by atomic mass is 10.1. The normalized spacial score (nSPS) is 14.8. The molecule has 0 atom stereocenters. The van der Waals surface area contributed by atoms with Crippen LogP contribution in [-0.2, 0) is 17.9 Å². The molecule has 5 nitrogen and oxygen atoms in total. The Morgan fingerprint density at radius 2 is 1.70 bits per heavy atom. The second-order valence-electron chi connectivity index (χ2n) is 7.19. The first-order valence-corrected chi connectivity index (χ1v) is 11.6. The van der Waals surface area contributed by atoms with Crippen molar-refractivity contribution in [1.29, 1.82) is 0 Å². The summed E-state index contributed by atoms with van der Waals surface area (Å²) in [5.41, 5.74) is 2.34. The third-order valence-electron chi connectivity index (χ3n) is 4.92. The quantitative estimate of drug-likeness (QED) is 0.334. The van der Waals surface area contributed by atoms with Crippen molar-refractivity contribution in [2.45, 2.75) is 13.2 Å². The van der Waals surface area contributed by atoms with Crippen molar-refractivity contribution in [2.24, 2.45) is 0 Å². The Labute approximate surface area is 205 Å². The van der Waals surface area contributed by atoms with E-state index in [1.165, 1.54) is 4.90 Å². The van der Waals surface area contributed by atoms with Gasteiger partial charge in [0.2, 0.25) is 0 Å². The number of imide groups is 1. The number of rotatable bonds is 7. The number of ether oxygens (including phenoxy) is 2. The summed E-state index contributed by atoms with van der Waals surface area (Å²) >= 11 is 12.9. The zero-order valence-corrected chi connectivity index (χ0v) is 19.9. The maximum atomic E-state index is 13.0. The first kappa shape index (κ1) is 23.2. The molecule has 8 heteroatoms. The minimum atomic E-state index is -0.364. The van der Waals surface area contributed by atoms with Crippen LogP contribution in [0.1, 0.15) is 16.7 Å². The lowest BCUT2D eigenvalue weighted by molar-refractivity contribution is -0.123. The van der Waals surface area contributed by atoms with E-state index in [0.717, 1.165) is 22.9 Å². The average Bonchev–Trinajstić information content (AvgIpc) is 3.06. The Kier molecular flexibility index (Phi) is 7.28. The van der Waals surface area contributed by atoms with E-state index in [0.29, 0.717) is 32.0 Å². The summed E-state index contributed by atoms with van der Waals surface area (Å²) in [6.07, 6.45) is 1.66. The zero-order valence-electron chi connectivity index (χ0n) is 17.6.